The molecule has 6 rings (SSSR count). The number of carbonyl (C=O) groups is 2. The molecule has 1 aliphatic rings. The van der Waals surface area contributed by atoms with Gasteiger partial charge in [-0.2, -0.15) is 26.3 Å². The third kappa shape index (κ3) is 12.3. The molecule has 21 heteroatoms. The molecule has 338 valence electrons. The Kier molecular flexibility index (Phi) is 14.9. The number of pyridine rings is 2. The van der Waals surface area contributed by atoms with Crippen LogP contribution in [-0.2, 0) is 41.8 Å². The van der Waals surface area contributed by atoms with E-state index in [1.165, 1.54) is 36.4 Å². The molecule has 1 saturated carbocycles. The summed E-state index contributed by atoms with van der Waals surface area (Å²) in [6, 6.07) is 12.9. The summed E-state index contributed by atoms with van der Waals surface area (Å²) in [6.45, 7) is 3.58. The Balaban J connectivity index is 0.000000260. The van der Waals surface area contributed by atoms with Crippen LogP contribution in [0.2, 0.25) is 0 Å². The van der Waals surface area contributed by atoms with Crippen molar-refractivity contribution in [2.75, 3.05) is 19.3 Å². The summed E-state index contributed by atoms with van der Waals surface area (Å²) in [5, 5.41) is 15.8. The number of carboxylic acid groups (broad SMARTS) is 1. The molecule has 0 unspecified atom stereocenters. The van der Waals surface area contributed by atoms with Crippen LogP contribution in [0.25, 0.3) is 11.4 Å². The van der Waals surface area contributed by atoms with Crippen LogP contribution in [0.15, 0.2) is 80.8 Å². The van der Waals surface area contributed by atoms with Crippen molar-refractivity contribution in [3.05, 3.63) is 144 Å². The third-order valence-electron chi connectivity index (χ3n) is 10.1. The van der Waals surface area contributed by atoms with E-state index >= 15 is 0 Å². The Morgan fingerprint density at radius 2 is 1.33 bits per heavy atom. The maximum absolute atomic E-state index is 13.4. The van der Waals surface area contributed by atoms with E-state index in [0.29, 0.717) is 60.0 Å². The van der Waals surface area contributed by atoms with Crippen molar-refractivity contribution < 1.29 is 54.0 Å². The first-order valence-electron chi connectivity index (χ1n) is 19.5. The molecular weight excluding hydrogens is 863 g/mol. The number of aromatic carboxylic acids is 1. The molecule has 2 aromatic carbocycles. The van der Waals surface area contributed by atoms with Crippen LogP contribution in [0.5, 0.6) is 0 Å². The quantitative estimate of drug-likeness (QED) is 0.0691. The van der Waals surface area contributed by atoms with Gasteiger partial charge in [-0.05, 0) is 119 Å². The summed E-state index contributed by atoms with van der Waals surface area (Å²) in [7, 11) is -3.41. The number of benzene rings is 2. The van der Waals surface area contributed by atoms with Crippen LogP contribution in [0, 0.1) is 13.8 Å². The number of alkyl halides is 6. The number of sulfonamides is 1. The van der Waals surface area contributed by atoms with Gasteiger partial charge in [-0.15, -0.1) is 0 Å². The fraction of sp³-hybridized carbons (Fsp3) is 0.357. The first-order valence-corrected chi connectivity index (χ1v) is 21.4. The lowest BCUT2D eigenvalue weighted by Crippen LogP contribution is -2.34. The normalized spacial score (nSPS) is 13.0. The zero-order valence-electron chi connectivity index (χ0n) is 34.2. The van der Waals surface area contributed by atoms with Crippen LogP contribution in [0.4, 0.5) is 26.3 Å². The molecule has 1 fully saturated rings. The average Bonchev–Trinajstić information content (AvgIpc) is 3.95. The summed E-state index contributed by atoms with van der Waals surface area (Å²) >= 11 is 0. The van der Waals surface area contributed by atoms with Gasteiger partial charge >= 0.3 is 18.3 Å². The summed E-state index contributed by atoms with van der Waals surface area (Å²) in [5.74, 6) is -1.38. The highest BCUT2D eigenvalue weighted by molar-refractivity contribution is 7.88. The van der Waals surface area contributed by atoms with Crippen molar-refractivity contribution in [3.63, 3.8) is 0 Å². The number of carboxylic acids is 1. The molecule has 0 bridgehead atoms. The van der Waals surface area contributed by atoms with Crippen molar-refractivity contribution in [1.82, 2.24) is 24.3 Å². The van der Waals surface area contributed by atoms with Gasteiger partial charge in [-0.3, -0.25) is 23.5 Å². The molecule has 5 N–H and O–H groups in total. The zero-order valence-corrected chi connectivity index (χ0v) is 35.0. The molecule has 1 aliphatic carbocycles. The molecule has 5 aromatic rings. The van der Waals surface area contributed by atoms with E-state index < -0.39 is 62.1 Å². The first kappa shape index (κ1) is 48.0. The van der Waals surface area contributed by atoms with Crippen molar-refractivity contribution in [2.24, 2.45) is 5.73 Å². The van der Waals surface area contributed by atoms with E-state index in [1.807, 2.05) is 0 Å². The maximum Gasteiger partial charge on any atom is 0.416 e. The number of halogens is 6. The van der Waals surface area contributed by atoms with Crippen LogP contribution >= 0.6 is 0 Å². The van der Waals surface area contributed by atoms with Gasteiger partial charge < -0.3 is 20.7 Å². The highest BCUT2D eigenvalue weighted by Crippen LogP contribution is 2.39. The number of hydrogen-bond donors (Lipinski definition) is 4. The molecule has 0 radical (unpaired) electrons. The van der Waals surface area contributed by atoms with Crippen molar-refractivity contribution in [1.29, 1.82) is 0 Å². The Morgan fingerprint density at radius 3 is 1.81 bits per heavy atom. The predicted molar refractivity (Wildman–Crippen MR) is 219 cm³/mol. The van der Waals surface area contributed by atoms with Gasteiger partial charge in [0, 0.05) is 41.3 Å². The van der Waals surface area contributed by atoms with Crippen molar-refractivity contribution in [2.45, 2.75) is 77.2 Å². The topological polar surface area (TPSA) is 209 Å². The minimum atomic E-state index is -4.63. The highest BCUT2D eigenvalue weighted by atomic mass is 32.2. The fourth-order valence-corrected chi connectivity index (χ4v) is 7.19. The lowest BCUT2D eigenvalue weighted by atomic mass is 10.0. The van der Waals surface area contributed by atoms with Gasteiger partial charge in [-0.1, -0.05) is 17.3 Å². The molecule has 0 atom stereocenters. The second-order valence-electron chi connectivity index (χ2n) is 14.9. The highest BCUT2D eigenvalue weighted by Gasteiger charge is 2.32. The van der Waals surface area contributed by atoms with Gasteiger partial charge in [-0.25, -0.2) is 17.9 Å². The van der Waals surface area contributed by atoms with Crippen LogP contribution < -0.4 is 26.9 Å². The standard InChI is InChI=1S/C25H27F3N4O5S.C17H17F3N2O3/c1-15-17(5-4-10-30-38(2,35)36)11-21(23(33)29-14-20-13-22(31-37-20)16-8-9-16)24(34)32(15)19-7-3-6-18(12-19)25(26,27)28;1-10-11(4-3-7-21)8-14(16(24)25)15(23)22(10)13-6-2-5-12(9-13)17(18,19)20/h3,6-7,11-13,16,30H,4-5,8-10,14H2,1-2H3,(H,29,33);2,5-6,8-9H,3-4,7,21H2,1H3,(H,24,25). The van der Waals surface area contributed by atoms with E-state index in [4.69, 9.17) is 10.3 Å². The SMILES string of the molecule is Cc1c(CCCN)cc(C(=O)O)c(=O)n1-c1cccc(C(F)(F)F)c1.Cc1c(CCCNS(C)(=O)=O)cc(C(=O)NCc2cc(C3CC3)no2)c(=O)n1-c1cccc(C(F)(F)F)c1. The van der Waals surface area contributed by atoms with E-state index in [1.54, 1.807) is 19.9 Å². The molecule has 1 amide bonds. The number of hydrogen-bond acceptors (Lipinski definition) is 9. The van der Waals surface area contributed by atoms with Crippen LogP contribution in [0.1, 0.15) is 97.4 Å². The number of nitrogens with two attached hydrogens (primary N) is 1. The van der Waals surface area contributed by atoms with E-state index in [-0.39, 0.29) is 36.4 Å². The second kappa shape index (κ2) is 19.5. The van der Waals surface area contributed by atoms with Crippen LogP contribution in [-0.4, -0.2) is 59.0 Å². The molecule has 0 saturated heterocycles. The number of aromatic nitrogens is 3. The van der Waals surface area contributed by atoms with E-state index in [0.717, 1.165) is 58.2 Å². The molecule has 3 heterocycles. The number of carbonyl (C=O) groups excluding carboxylic acids is 1. The number of aryl methyl sites for hydroxylation is 2. The lowest BCUT2D eigenvalue weighted by molar-refractivity contribution is -0.138. The third-order valence-corrected chi connectivity index (χ3v) is 10.8. The summed E-state index contributed by atoms with van der Waals surface area (Å²) in [5.41, 5.74) is 3.73. The molecule has 3 aromatic heterocycles. The number of nitrogens with zero attached hydrogens (tertiary/aromatic N) is 3. The molecule has 0 aliphatic heterocycles. The Bertz CT molecular complexity index is 2720. The van der Waals surface area contributed by atoms with Crippen LogP contribution in [0.3, 0.4) is 0 Å². The predicted octanol–water partition coefficient (Wildman–Crippen LogP) is 6.20. The minimum Gasteiger partial charge on any atom is -0.477 e. The Hall–Kier alpha value is -6.06. The largest absolute Gasteiger partial charge is 0.477 e. The van der Waals surface area contributed by atoms with E-state index in [9.17, 15) is 59.0 Å². The molecule has 0 spiro atoms. The average molecular weight is 907 g/mol. The zero-order chi connectivity index (χ0) is 46.4. The van der Waals surface area contributed by atoms with Crippen molar-refractivity contribution in [3.8, 4) is 11.4 Å². The van der Waals surface area contributed by atoms with Gasteiger partial charge in [0.1, 0.15) is 11.1 Å². The molecular formula is C42H44F6N6O8S. The summed E-state index contributed by atoms with van der Waals surface area (Å²) in [6.07, 6.45) is -4.55. The van der Waals surface area contributed by atoms with Gasteiger partial charge in [0.15, 0.2) is 5.76 Å². The smallest absolute Gasteiger partial charge is 0.416 e. The number of rotatable bonds is 15. The van der Waals surface area contributed by atoms with Crippen molar-refractivity contribution >= 4 is 21.9 Å². The van der Waals surface area contributed by atoms with Gasteiger partial charge in [0.05, 0.1) is 29.6 Å². The minimum absolute atomic E-state index is 0.0248. The summed E-state index contributed by atoms with van der Waals surface area (Å²) < 4.78 is 111. The number of nitrogens with one attached hydrogen (secondary N) is 2. The monoisotopic (exact) mass is 906 g/mol. The van der Waals surface area contributed by atoms with E-state index in [2.05, 4.69) is 15.2 Å². The number of amides is 1. The molecule has 63 heavy (non-hydrogen) atoms. The summed E-state index contributed by atoms with van der Waals surface area (Å²) in [4.78, 5) is 50.3. The first-order chi connectivity index (χ1) is 29.5. The van der Waals surface area contributed by atoms with Gasteiger partial charge in [0.2, 0.25) is 10.0 Å². The molecule has 14 nitrogen and oxygen atoms in total. The fourth-order valence-electron chi connectivity index (χ4n) is 6.68. The lowest BCUT2D eigenvalue weighted by Gasteiger charge is -2.18. The van der Waals surface area contributed by atoms with Gasteiger partial charge in [0.25, 0.3) is 17.0 Å². The maximum atomic E-state index is 13.4. The second-order valence-corrected chi connectivity index (χ2v) is 16.7. The Labute approximate surface area is 356 Å². The Morgan fingerprint density at radius 1 is 0.825 bits per heavy atom.